The van der Waals surface area contributed by atoms with Crippen LogP contribution in [0.2, 0.25) is 0 Å². The second-order valence-electron chi connectivity index (χ2n) is 14.1. The minimum absolute atomic E-state index is 0.859. The molecule has 0 amide bonds. The summed E-state index contributed by atoms with van der Waals surface area (Å²) in [7, 11) is 0. The maximum absolute atomic E-state index is 4.96. The van der Waals surface area contributed by atoms with Gasteiger partial charge in [0.2, 0.25) is 0 Å². The minimum atomic E-state index is 0.859. The fourth-order valence-corrected chi connectivity index (χ4v) is 9.02. The Morgan fingerprint density at radius 1 is 0.434 bits per heavy atom. The molecule has 1 heterocycles. The second kappa shape index (κ2) is 11.6. The second-order valence-corrected chi connectivity index (χ2v) is 14.1. The van der Waals surface area contributed by atoms with Crippen molar-refractivity contribution in [2.24, 2.45) is 0 Å². The molecule has 0 saturated carbocycles. The highest BCUT2D eigenvalue weighted by molar-refractivity contribution is 6.26. The SMILES string of the molecule is CCc1nc2ccccc2n1-c1ccc(-c2c3ccccc3c(-c3cccc4c3-c3cccc5cccc-4c35)c3ccc(-c4ccccc4)cc23)cc1. The number of rotatable bonds is 5. The van der Waals surface area contributed by atoms with Crippen LogP contribution >= 0.6 is 0 Å². The molecule has 0 unspecified atom stereocenters. The number of benzene rings is 9. The standard InChI is InChI=1S/C51H34N2/c1-2-47-52-45-23-8-9-24-46(45)53(47)36-28-25-34(26-29-36)49-37-17-6-7-18-39(37)50(41-30-27-35(31-44(41)49)32-13-4-3-5-14-32)43-22-12-20-40-38-19-10-15-33-16-11-21-42(48(33)38)51(40)43/h3-31H,2H2,1H3. The number of nitrogens with zero attached hydrogens (tertiary/aromatic N) is 2. The van der Waals surface area contributed by atoms with Crippen LogP contribution in [0, 0.1) is 0 Å². The first-order chi connectivity index (χ1) is 26.3. The van der Waals surface area contributed by atoms with Crippen LogP contribution in [0.4, 0.5) is 0 Å². The number of aromatic nitrogens is 2. The van der Waals surface area contributed by atoms with Crippen LogP contribution in [-0.4, -0.2) is 9.55 Å². The molecule has 0 radical (unpaired) electrons. The van der Waals surface area contributed by atoms with Crippen LogP contribution in [-0.2, 0) is 6.42 Å². The van der Waals surface area contributed by atoms with E-state index in [1.165, 1.54) is 88.0 Å². The topological polar surface area (TPSA) is 17.8 Å². The van der Waals surface area contributed by atoms with Gasteiger partial charge in [-0.1, -0.05) is 153 Å². The molecule has 0 spiro atoms. The van der Waals surface area contributed by atoms with Crippen LogP contribution in [0.15, 0.2) is 176 Å². The number of aryl methyl sites for hydroxylation is 1. The van der Waals surface area contributed by atoms with Crippen molar-refractivity contribution in [3.8, 4) is 61.3 Å². The molecule has 2 heteroatoms. The van der Waals surface area contributed by atoms with Crippen LogP contribution in [0.3, 0.4) is 0 Å². The van der Waals surface area contributed by atoms with Crippen LogP contribution in [0.25, 0.3) is 105 Å². The van der Waals surface area contributed by atoms with E-state index in [1.807, 2.05) is 0 Å². The average Bonchev–Trinajstić information content (AvgIpc) is 3.77. The molecule has 9 aromatic carbocycles. The monoisotopic (exact) mass is 674 g/mol. The molecular formula is C51H34N2. The Morgan fingerprint density at radius 2 is 1.08 bits per heavy atom. The Kier molecular flexibility index (Phi) is 6.56. The molecule has 1 aliphatic carbocycles. The third-order valence-corrected chi connectivity index (χ3v) is 11.3. The summed E-state index contributed by atoms with van der Waals surface area (Å²) in [6.07, 6.45) is 0.859. The van der Waals surface area contributed by atoms with Crippen molar-refractivity contribution in [3.63, 3.8) is 0 Å². The van der Waals surface area contributed by atoms with Gasteiger partial charge in [-0.2, -0.15) is 0 Å². The predicted octanol–water partition coefficient (Wildman–Crippen LogP) is 13.7. The molecule has 0 fully saturated rings. The van der Waals surface area contributed by atoms with Crippen molar-refractivity contribution in [1.82, 2.24) is 9.55 Å². The number of hydrogen-bond donors (Lipinski definition) is 0. The predicted molar refractivity (Wildman–Crippen MR) is 224 cm³/mol. The van der Waals surface area contributed by atoms with E-state index in [9.17, 15) is 0 Å². The summed E-state index contributed by atoms with van der Waals surface area (Å²) in [5.41, 5.74) is 16.0. The molecule has 10 aromatic rings. The largest absolute Gasteiger partial charge is 0.296 e. The normalized spacial score (nSPS) is 11.9. The third-order valence-electron chi connectivity index (χ3n) is 11.3. The van der Waals surface area contributed by atoms with Crippen molar-refractivity contribution >= 4 is 43.4 Å². The number of fused-ring (bicyclic) bond motifs is 6. The summed E-state index contributed by atoms with van der Waals surface area (Å²) in [6.45, 7) is 2.18. The fourth-order valence-electron chi connectivity index (χ4n) is 9.02. The summed E-state index contributed by atoms with van der Waals surface area (Å²) < 4.78 is 2.31. The van der Waals surface area contributed by atoms with Gasteiger partial charge in [-0.15, -0.1) is 0 Å². The van der Waals surface area contributed by atoms with E-state index >= 15 is 0 Å². The Morgan fingerprint density at radius 3 is 1.89 bits per heavy atom. The van der Waals surface area contributed by atoms with Crippen LogP contribution in [0.1, 0.15) is 12.7 Å². The van der Waals surface area contributed by atoms with Gasteiger partial charge in [0, 0.05) is 12.1 Å². The number of imidazole rings is 1. The maximum Gasteiger partial charge on any atom is 0.114 e. The van der Waals surface area contributed by atoms with E-state index in [1.54, 1.807) is 0 Å². The zero-order valence-corrected chi connectivity index (χ0v) is 29.3. The van der Waals surface area contributed by atoms with Crippen LogP contribution < -0.4 is 0 Å². The Labute approximate surface area is 308 Å². The van der Waals surface area contributed by atoms with Gasteiger partial charge in [0.15, 0.2) is 0 Å². The van der Waals surface area contributed by atoms with Gasteiger partial charge < -0.3 is 0 Å². The highest BCUT2D eigenvalue weighted by Crippen LogP contribution is 2.54. The molecular weight excluding hydrogens is 641 g/mol. The molecule has 53 heavy (non-hydrogen) atoms. The lowest BCUT2D eigenvalue weighted by atomic mass is 9.82. The zero-order valence-electron chi connectivity index (χ0n) is 29.3. The van der Waals surface area contributed by atoms with Crippen molar-refractivity contribution < 1.29 is 0 Å². The quantitative estimate of drug-likeness (QED) is 0.166. The Balaban J connectivity index is 1.20. The number of hydrogen-bond acceptors (Lipinski definition) is 1. The van der Waals surface area contributed by atoms with E-state index < -0.39 is 0 Å². The van der Waals surface area contributed by atoms with E-state index in [4.69, 9.17) is 4.98 Å². The fraction of sp³-hybridized carbons (Fsp3) is 0.0392. The van der Waals surface area contributed by atoms with Gasteiger partial charge in [0.1, 0.15) is 5.82 Å². The molecule has 11 rings (SSSR count). The molecule has 1 aromatic heterocycles. The van der Waals surface area contributed by atoms with Gasteiger partial charge in [0.05, 0.1) is 11.0 Å². The van der Waals surface area contributed by atoms with Gasteiger partial charge in [-0.3, -0.25) is 4.57 Å². The summed E-state index contributed by atoms with van der Waals surface area (Å²) in [6, 6.07) is 64.8. The maximum atomic E-state index is 4.96. The lowest BCUT2D eigenvalue weighted by molar-refractivity contribution is 0.908. The van der Waals surface area contributed by atoms with E-state index in [-0.39, 0.29) is 0 Å². The first-order valence-corrected chi connectivity index (χ1v) is 18.5. The van der Waals surface area contributed by atoms with E-state index in [2.05, 4.69) is 187 Å². The summed E-state index contributed by atoms with van der Waals surface area (Å²) in [5.74, 6) is 1.07. The van der Waals surface area contributed by atoms with E-state index in [0.717, 1.165) is 29.0 Å². The van der Waals surface area contributed by atoms with Gasteiger partial charge >= 0.3 is 0 Å². The third kappa shape index (κ3) is 4.42. The lowest BCUT2D eigenvalue weighted by Gasteiger charge is -2.21. The van der Waals surface area contributed by atoms with Gasteiger partial charge in [-0.05, 0) is 118 Å². The highest BCUT2D eigenvalue weighted by atomic mass is 15.1. The van der Waals surface area contributed by atoms with Crippen molar-refractivity contribution in [2.75, 3.05) is 0 Å². The molecule has 2 nitrogen and oxygen atoms in total. The zero-order chi connectivity index (χ0) is 35.0. The van der Waals surface area contributed by atoms with Crippen LogP contribution in [0.5, 0.6) is 0 Å². The molecule has 0 atom stereocenters. The lowest BCUT2D eigenvalue weighted by Crippen LogP contribution is -2.00. The van der Waals surface area contributed by atoms with Crippen molar-refractivity contribution in [2.45, 2.75) is 13.3 Å². The molecule has 1 aliphatic rings. The van der Waals surface area contributed by atoms with Gasteiger partial charge in [-0.25, -0.2) is 4.98 Å². The summed E-state index contributed by atoms with van der Waals surface area (Å²) >= 11 is 0. The van der Waals surface area contributed by atoms with E-state index in [0.29, 0.717) is 0 Å². The van der Waals surface area contributed by atoms with Crippen molar-refractivity contribution in [1.29, 1.82) is 0 Å². The Bertz CT molecular complexity index is 3070. The summed E-state index contributed by atoms with van der Waals surface area (Å²) in [5, 5.41) is 7.66. The molecule has 0 aliphatic heterocycles. The minimum Gasteiger partial charge on any atom is -0.296 e. The smallest absolute Gasteiger partial charge is 0.114 e. The van der Waals surface area contributed by atoms with Gasteiger partial charge in [0.25, 0.3) is 0 Å². The first-order valence-electron chi connectivity index (χ1n) is 18.5. The Hall–Kier alpha value is -6.77. The first kappa shape index (κ1) is 29.9. The molecule has 248 valence electrons. The highest BCUT2D eigenvalue weighted by Gasteiger charge is 2.26. The number of para-hydroxylation sites is 2. The summed E-state index contributed by atoms with van der Waals surface area (Å²) in [4.78, 5) is 4.96. The van der Waals surface area contributed by atoms with Crippen molar-refractivity contribution in [3.05, 3.63) is 182 Å². The molecule has 0 bridgehead atoms. The average molecular weight is 675 g/mol. The molecule has 0 N–H and O–H groups in total. The molecule has 0 saturated heterocycles.